The molecule has 4 heteroatoms. The van der Waals surface area contributed by atoms with Crippen molar-refractivity contribution in [1.29, 1.82) is 0 Å². The van der Waals surface area contributed by atoms with Crippen molar-refractivity contribution in [3.63, 3.8) is 0 Å². The number of hydrogen-bond acceptors (Lipinski definition) is 4. The van der Waals surface area contributed by atoms with Gasteiger partial charge in [-0.15, -0.1) is 0 Å². The Hall–Kier alpha value is -1.68. The largest absolute Gasteiger partial charge is 0.458 e. The van der Waals surface area contributed by atoms with Crippen LogP contribution in [0.5, 0.6) is 0 Å². The van der Waals surface area contributed by atoms with Crippen molar-refractivity contribution in [3.05, 3.63) is 35.9 Å². The Labute approximate surface area is 106 Å². The van der Waals surface area contributed by atoms with Gasteiger partial charge in [-0.05, 0) is 24.8 Å². The molecule has 1 N–H and O–H groups in total. The number of esters is 1. The first-order valence-electron chi connectivity index (χ1n) is 6.10. The van der Waals surface area contributed by atoms with E-state index in [0.29, 0.717) is 6.42 Å². The summed E-state index contributed by atoms with van der Waals surface area (Å²) in [7, 11) is 0. The topological polar surface area (TPSA) is 63.6 Å². The summed E-state index contributed by atoms with van der Waals surface area (Å²) in [6, 6.07) is 9.18. The van der Waals surface area contributed by atoms with E-state index < -0.39 is 17.4 Å². The molecule has 1 aromatic rings. The second-order valence-corrected chi connectivity index (χ2v) is 4.55. The molecule has 0 aromatic heterocycles. The average molecular weight is 248 g/mol. The fraction of sp³-hybridized carbons (Fsp3) is 0.429. The number of carbonyl (C=O) groups excluding carboxylic acids is 2. The third-order valence-electron chi connectivity index (χ3n) is 3.20. The summed E-state index contributed by atoms with van der Waals surface area (Å²) >= 11 is 0. The van der Waals surface area contributed by atoms with Gasteiger partial charge in [0.05, 0.1) is 0 Å². The standard InChI is InChI=1S/C14H16O4/c15-12-8-4-5-9-14(12,17)13(16)18-10-11-6-2-1-3-7-11/h1-3,6-7,17H,4-5,8-10H2/t14-/m0/s1. The van der Waals surface area contributed by atoms with E-state index in [4.69, 9.17) is 4.74 Å². The van der Waals surface area contributed by atoms with E-state index in [1.807, 2.05) is 30.3 Å². The van der Waals surface area contributed by atoms with E-state index >= 15 is 0 Å². The molecule has 1 aliphatic carbocycles. The monoisotopic (exact) mass is 248 g/mol. The molecule has 1 aliphatic rings. The first kappa shape index (κ1) is 12.8. The summed E-state index contributed by atoms with van der Waals surface area (Å²) in [4.78, 5) is 23.4. The minimum absolute atomic E-state index is 0.0786. The Morgan fingerprint density at radius 1 is 1.28 bits per heavy atom. The number of Topliss-reactive ketones (excluding diaryl/α,β-unsaturated/α-hetero) is 1. The van der Waals surface area contributed by atoms with Crippen LogP contribution in [0.2, 0.25) is 0 Å². The summed E-state index contributed by atoms with van der Waals surface area (Å²) in [5.41, 5.74) is -1.09. The molecule has 1 atom stereocenters. The zero-order valence-corrected chi connectivity index (χ0v) is 10.1. The summed E-state index contributed by atoms with van der Waals surface area (Å²) in [6.07, 6.45) is 1.81. The highest BCUT2D eigenvalue weighted by Crippen LogP contribution is 2.26. The molecule has 0 heterocycles. The summed E-state index contributed by atoms with van der Waals surface area (Å²) < 4.78 is 5.03. The number of rotatable bonds is 3. The Kier molecular flexibility index (Phi) is 3.77. The number of hydrogen-bond donors (Lipinski definition) is 1. The predicted octanol–water partition coefficient (Wildman–Crippen LogP) is 1.60. The second-order valence-electron chi connectivity index (χ2n) is 4.55. The molecule has 0 bridgehead atoms. The SMILES string of the molecule is O=C1CCCC[C@@]1(O)C(=O)OCc1ccccc1. The first-order chi connectivity index (χ1) is 8.63. The minimum atomic E-state index is -1.92. The van der Waals surface area contributed by atoms with Gasteiger partial charge in [-0.2, -0.15) is 0 Å². The maximum absolute atomic E-state index is 11.8. The Bertz CT molecular complexity index is 440. The van der Waals surface area contributed by atoms with Gasteiger partial charge in [0.15, 0.2) is 5.78 Å². The van der Waals surface area contributed by atoms with Crippen LogP contribution in [0.1, 0.15) is 31.2 Å². The van der Waals surface area contributed by atoms with Gasteiger partial charge in [-0.1, -0.05) is 30.3 Å². The van der Waals surface area contributed by atoms with Gasteiger partial charge in [-0.25, -0.2) is 4.79 Å². The third kappa shape index (κ3) is 2.59. The number of ketones is 1. The molecule has 0 saturated heterocycles. The lowest BCUT2D eigenvalue weighted by Gasteiger charge is -2.27. The van der Waals surface area contributed by atoms with Crippen molar-refractivity contribution in [1.82, 2.24) is 0 Å². The van der Waals surface area contributed by atoms with Crippen LogP contribution >= 0.6 is 0 Å². The first-order valence-corrected chi connectivity index (χ1v) is 6.10. The summed E-state index contributed by atoms with van der Waals surface area (Å²) in [6.45, 7) is 0.0786. The lowest BCUT2D eigenvalue weighted by atomic mass is 9.84. The molecule has 0 radical (unpaired) electrons. The van der Waals surface area contributed by atoms with Crippen LogP contribution in [-0.4, -0.2) is 22.5 Å². The lowest BCUT2D eigenvalue weighted by molar-refractivity contribution is -0.174. The van der Waals surface area contributed by atoms with Gasteiger partial charge in [0.1, 0.15) is 6.61 Å². The van der Waals surface area contributed by atoms with Gasteiger partial charge in [0.25, 0.3) is 0 Å². The van der Waals surface area contributed by atoms with E-state index in [9.17, 15) is 14.7 Å². The van der Waals surface area contributed by atoms with Crippen LogP contribution in [-0.2, 0) is 20.9 Å². The van der Waals surface area contributed by atoms with Crippen LogP contribution in [0.3, 0.4) is 0 Å². The molecule has 0 spiro atoms. The van der Waals surface area contributed by atoms with Crippen LogP contribution < -0.4 is 0 Å². The lowest BCUT2D eigenvalue weighted by Crippen LogP contribution is -2.49. The normalized spacial score (nSPS) is 23.7. The van der Waals surface area contributed by atoms with Crippen molar-refractivity contribution < 1.29 is 19.4 Å². The number of benzene rings is 1. The summed E-state index contributed by atoms with van der Waals surface area (Å²) in [5.74, 6) is -1.25. The highest BCUT2D eigenvalue weighted by atomic mass is 16.6. The molecule has 0 aliphatic heterocycles. The van der Waals surface area contributed by atoms with E-state index in [1.54, 1.807) is 0 Å². The molecule has 1 fully saturated rings. The number of carbonyl (C=O) groups is 2. The molecule has 0 unspecified atom stereocenters. The highest BCUT2D eigenvalue weighted by molar-refractivity contribution is 6.07. The molecule has 0 amide bonds. The molecular formula is C14H16O4. The van der Waals surface area contributed by atoms with Crippen LogP contribution in [0, 0.1) is 0 Å². The van der Waals surface area contributed by atoms with Crippen molar-refractivity contribution >= 4 is 11.8 Å². The third-order valence-corrected chi connectivity index (χ3v) is 3.20. The van der Waals surface area contributed by atoms with Crippen LogP contribution in [0.4, 0.5) is 0 Å². The summed E-state index contributed by atoms with van der Waals surface area (Å²) in [5, 5.41) is 10.1. The molecule has 96 valence electrons. The zero-order valence-electron chi connectivity index (χ0n) is 10.1. The van der Waals surface area contributed by atoms with Gasteiger partial charge < -0.3 is 9.84 Å². The van der Waals surface area contributed by atoms with E-state index in [-0.39, 0.29) is 19.4 Å². The Morgan fingerprint density at radius 3 is 2.67 bits per heavy atom. The molecule has 2 rings (SSSR count). The smallest absolute Gasteiger partial charge is 0.346 e. The van der Waals surface area contributed by atoms with E-state index in [2.05, 4.69) is 0 Å². The van der Waals surface area contributed by atoms with Crippen molar-refractivity contribution in [2.75, 3.05) is 0 Å². The van der Waals surface area contributed by atoms with Crippen molar-refractivity contribution in [3.8, 4) is 0 Å². The molecule has 1 aromatic carbocycles. The van der Waals surface area contributed by atoms with Gasteiger partial charge in [-0.3, -0.25) is 4.79 Å². The number of ether oxygens (including phenoxy) is 1. The van der Waals surface area contributed by atoms with Gasteiger partial charge >= 0.3 is 5.97 Å². The van der Waals surface area contributed by atoms with E-state index in [0.717, 1.165) is 12.0 Å². The molecule has 4 nitrogen and oxygen atoms in total. The fourth-order valence-electron chi connectivity index (χ4n) is 2.07. The Morgan fingerprint density at radius 2 is 2.00 bits per heavy atom. The van der Waals surface area contributed by atoms with Gasteiger partial charge in [0.2, 0.25) is 5.60 Å². The average Bonchev–Trinajstić information content (AvgIpc) is 2.40. The predicted molar refractivity (Wildman–Crippen MR) is 64.7 cm³/mol. The highest BCUT2D eigenvalue weighted by Gasteiger charge is 2.46. The molecular weight excluding hydrogens is 232 g/mol. The number of aliphatic hydroxyl groups is 1. The van der Waals surface area contributed by atoms with E-state index in [1.165, 1.54) is 0 Å². The van der Waals surface area contributed by atoms with Crippen molar-refractivity contribution in [2.24, 2.45) is 0 Å². The Balaban J connectivity index is 1.97. The molecule has 1 saturated carbocycles. The maximum Gasteiger partial charge on any atom is 0.346 e. The van der Waals surface area contributed by atoms with Crippen LogP contribution in [0.25, 0.3) is 0 Å². The molecule has 18 heavy (non-hydrogen) atoms. The van der Waals surface area contributed by atoms with Gasteiger partial charge in [0, 0.05) is 6.42 Å². The maximum atomic E-state index is 11.8. The minimum Gasteiger partial charge on any atom is -0.458 e. The second kappa shape index (κ2) is 5.31. The quantitative estimate of drug-likeness (QED) is 0.652. The zero-order chi connectivity index (χ0) is 13.0. The fourth-order valence-corrected chi connectivity index (χ4v) is 2.07. The van der Waals surface area contributed by atoms with Crippen molar-refractivity contribution in [2.45, 2.75) is 37.9 Å². The van der Waals surface area contributed by atoms with Crippen LogP contribution in [0.15, 0.2) is 30.3 Å².